The van der Waals surface area contributed by atoms with E-state index in [1.807, 2.05) is 32.0 Å². The summed E-state index contributed by atoms with van der Waals surface area (Å²) in [5.41, 5.74) is 2.08. The Kier molecular flexibility index (Phi) is 6.32. The molecule has 2 rings (SSSR count). The van der Waals surface area contributed by atoms with Crippen molar-refractivity contribution in [3.63, 3.8) is 0 Å². The van der Waals surface area contributed by atoms with Gasteiger partial charge in [0, 0.05) is 11.6 Å². The number of benzene rings is 1. The minimum atomic E-state index is 0. The Morgan fingerprint density at radius 3 is 2.63 bits per heavy atom. The molecule has 1 aromatic rings. The van der Waals surface area contributed by atoms with E-state index in [9.17, 15) is 4.79 Å². The summed E-state index contributed by atoms with van der Waals surface area (Å²) in [7, 11) is 0. The molecule has 1 heterocycles. The molecule has 0 spiro atoms. The van der Waals surface area contributed by atoms with Crippen molar-refractivity contribution in [3.05, 3.63) is 35.4 Å². The first-order chi connectivity index (χ1) is 8.66. The van der Waals surface area contributed by atoms with Gasteiger partial charge in [-0.25, -0.2) is 0 Å². The van der Waals surface area contributed by atoms with Gasteiger partial charge in [0.15, 0.2) is 0 Å². The second-order valence-electron chi connectivity index (χ2n) is 5.28. The number of halogens is 1. The topological polar surface area (TPSA) is 41.1 Å². The SMILES string of the molecule is CC(C)NC(=O)c1cccc(C2CCNCC2)c1.Cl. The summed E-state index contributed by atoms with van der Waals surface area (Å²) in [5.74, 6) is 0.624. The highest BCUT2D eigenvalue weighted by molar-refractivity contribution is 5.94. The maximum Gasteiger partial charge on any atom is 0.251 e. The fourth-order valence-corrected chi connectivity index (χ4v) is 2.43. The molecule has 2 N–H and O–H groups in total. The van der Waals surface area contributed by atoms with Crippen LogP contribution in [0.2, 0.25) is 0 Å². The quantitative estimate of drug-likeness (QED) is 0.895. The summed E-state index contributed by atoms with van der Waals surface area (Å²) in [6.45, 7) is 6.11. The minimum absolute atomic E-state index is 0. The van der Waals surface area contributed by atoms with Gasteiger partial charge in [0.05, 0.1) is 0 Å². The average Bonchev–Trinajstić information content (AvgIpc) is 2.39. The molecule has 0 aliphatic carbocycles. The number of amides is 1. The van der Waals surface area contributed by atoms with Crippen LogP contribution in [0.5, 0.6) is 0 Å². The molecule has 19 heavy (non-hydrogen) atoms. The molecule has 1 aliphatic heterocycles. The van der Waals surface area contributed by atoms with E-state index in [0.29, 0.717) is 5.92 Å². The van der Waals surface area contributed by atoms with E-state index < -0.39 is 0 Å². The maximum atomic E-state index is 12.0. The first kappa shape index (κ1) is 16.0. The fraction of sp³-hybridized carbons (Fsp3) is 0.533. The number of carbonyl (C=O) groups is 1. The zero-order chi connectivity index (χ0) is 13.0. The molecule has 0 atom stereocenters. The second kappa shape index (κ2) is 7.51. The van der Waals surface area contributed by atoms with Gasteiger partial charge < -0.3 is 10.6 Å². The molecular formula is C15H23ClN2O. The third-order valence-electron chi connectivity index (χ3n) is 3.38. The second-order valence-corrected chi connectivity index (χ2v) is 5.28. The normalized spacial score (nSPS) is 15.9. The first-order valence-corrected chi connectivity index (χ1v) is 6.78. The van der Waals surface area contributed by atoms with Crippen LogP contribution in [0.3, 0.4) is 0 Å². The Hall–Kier alpha value is -1.06. The molecule has 1 saturated heterocycles. The highest BCUT2D eigenvalue weighted by Gasteiger charge is 2.16. The van der Waals surface area contributed by atoms with E-state index in [4.69, 9.17) is 0 Å². The highest BCUT2D eigenvalue weighted by Crippen LogP contribution is 2.25. The lowest BCUT2D eigenvalue weighted by atomic mass is 9.89. The number of piperidine rings is 1. The van der Waals surface area contributed by atoms with Crippen molar-refractivity contribution in [2.24, 2.45) is 0 Å². The van der Waals surface area contributed by atoms with Gasteiger partial charge in [0.25, 0.3) is 5.91 Å². The van der Waals surface area contributed by atoms with Crippen molar-refractivity contribution in [3.8, 4) is 0 Å². The fourth-order valence-electron chi connectivity index (χ4n) is 2.43. The molecular weight excluding hydrogens is 260 g/mol. The van der Waals surface area contributed by atoms with E-state index in [2.05, 4.69) is 16.7 Å². The van der Waals surface area contributed by atoms with Crippen LogP contribution in [0.15, 0.2) is 24.3 Å². The molecule has 1 amide bonds. The van der Waals surface area contributed by atoms with Gasteiger partial charge in [-0.15, -0.1) is 12.4 Å². The van der Waals surface area contributed by atoms with Crippen molar-refractivity contribution in [1.29, 1.82) is 0 Å². The van der Waals surface area contributed by atoms with E-state index in [1.54, 1.807) is 0 Å². The van der Waals surface area contributed by atoms with E-state index in [0.717, 1.165) is 31.5 Å². The van der Waals surface area contributed by atoms with E-state index >= 15 is 0 Å². The van der Waals surface area contributed by atoms with Crippen molar-refractivity contribution in [2.75, 3.05) is 13.1 Å². The van der Waals surface area contributed by atoms with Gasteiger partial charge in [0.1, 0.15) is 0 Å². The molecule has 0 saturated carbocycles. The van der Waals surface area contributed by atoms with Gasteiger partial charge in [-0.3, -0.25) is 4.79 Å². The predicted molar refractivity (Wildman–Crippen MR) is 81.1 cm³/mol. The zero-order valence-electron chi connectivity index (χ0n) is 11.6. The molecule has 106 valence electrons. The van der Waals surface area contributed by atoms with Crippen molar-refractivity contribution in [1.82, 2.24) is 10.6 Å². The summed E-state index contributed by atoms with van der Waals surface area (Å²) in [6.07, 6.45) is 2.32. The number of hydrogen-bond acceptors (Lipinski definition) is 2. The Bertz CT molecular complexity index is 414. The summed E-state index contributed by atoms with van der Waals surface area (Å²) in [4.78, 5) is 12.0. The van der Waals surface area contributed by atoms with Crippen molar-refractivity contribution >= 4 is 18.3 Å². The summed E-state index contributed by atoms with van der Waals surface area (Å²) >= 11 is 0. The third kappa shape index (κ3) is 4.51. The van der Waals surface area contributed by atoms with Crippen LogP contribution in [0, 0.1) is 0 Å². The monoisotopic (exact) mass is 282 g/mol. The lowest BCUT2D eigenvalue weighted by Gasteiger charge is -2.23. The molecule has 1 aliphatic rings. The molecule has 0 radical (unpaired) electrons. The first-order valence-electron chi connectivity index (χ1n) is 6.78. The number of rotatable bonds is 3. The predicted octanol–water partition coefficient (Wildman–Crippen LogP) is 2.71. The average molecular weight is 283 g/mol. The Morgan fingerprint density at radius 2 is 2.00 bits per heavy atom. The third-order valence-corrected chi connectivity index (χ3v) is 3.38. The van der Waals surface area contributed by atoms with E-state index in [1.165, 1.54) is 5.56 Å². The highest BCUT2D eigenvalue weighted by atomic mass is 35.5. The summed E-state index contributed by atoms with van der Waals surface area (Å²) < 4.78 is 0. The molecule has 3 nitrogen and oxygen atoms in total. The van der Waals surface area contributed by atoms with Crippen LogP contribution in [0.25, 0.3) is 0 Å². The molecule has 0 bridgehead atoms. The Labute approximate surface area is 121 Å². The molecule has 0 aromatic heterocycles. The number of hydrogen-bond donors (Lipinski definition) is 2. The smallest absolute Gasteiger partial charge is 0.251 e. The van der Waals surface area contributed by atoms with Crippen LogP contribution >= 0.6 is 12.4 Å². The van der Waals surface area contributed by atoms with Gasteiger partial charge in [-0.05, 0) is 63.4 Å². The molecule has 1 fully saturated rings. The van der Waals surface area contributed by atoms with Gasteiger partial charge in [-0.2, -0.15) is 0 Å². The maximum absolute atomic E-state index is 12.0. The van der Waals surface area contributed by atoms with Crippen LogP contribution in [0.4, 0.5) is 0 Å². The van der Waals surface area contributed by atoms with Crippen molar-refractivity contribution in [2.45, 2.75) is 38.6 Å². The van der Waals surface area contributed by atoms with Gasteiger partial charge in [-0.1, -0.05) is 12.1 Å². The van der Waals surface area contributed by atoms with Crippen LogP contribution in [-0.4, -0.2) is 25.0 Å². The van der Waals surface area contributed by atoms with E-state index in [-0.39, 0.29) is 24.4 Å². The number of nitrogens with one attached hydrogen (secondary N) is 2. The lowest BCUT2D eigenvalue weighted by Crippen LogP contribution is -2.30. The summed E-state index contributed by atoms with van der Waals surface area (Å²) in [5, 5.41) is 6.31. The zero-order valence-corrected chi connectivity index (χ0v) is 12.4. The lowest BCUT2D eigenvalue weighted by molar-refractivity contribution is 0.0943. The van der Waals surface area contributed by atoms with Crippen molar-refractivity contribution < 1.29 is 4.79 Å². The number of carbonyl (C=O) groups excluding carboxylic acids is 1. The van der Waals surface area contributed by atoms with Crippen LogP contribution in [-0.2, 0) is 0 Å². The minimum Gasteiger partial charge on any atom is -0.350 e. The Morgan fingerprint density at radius 1 is 1.32 bits per heavy atom. The summed E-state index contributed by atoms with van der Waals surface area (Å²) in [6, 6.07) is 8.25. The van der Waals surface area contributed by atoms with Gasteiger partial charge >= 0.3 is 0 Å². The standard InChI is InChI=1S/C15H22N2O.ClH/c1-11(2)17-15(18)14-5-3-4-13(10-14)12-6-8-16-9-7-12;/h3-5,10-12,16H,6-9H2,1-2H3,(H,17,18);1H. The molecule has 0 unspecified atom stereocenters. The Balaban J connectivity index is 0.00000180. The molecule has 4 heteroatoms. The molecule has 1 aromatic carbocycles. The van der Waals surface area contributed by atoms with Crippen LogP contribution < -0.4 is 10.6 Å². The van der Waals surface area contributed by atoms with Crippen LogP contribution in [0.1, 0.15) is 48.5 Å². The largest absolute Gasteiger partial charge is 0.350 e. The van der Waals surface area contributed by atoms with Gasteiger partial charge in [0.2, 0.25) is 0 Å².